The van der Waals surface area contributed by atoms with Crippen molar-refractivity contribution >= 4 is 38.8 Å². The molecule has 1 N–H and O–H groups in total. The Morgan fingerprint density at radius 3 is 2.72 bits per heavy atom. The monoisotopic (exact) mass is 411 g/mol. The van der Waals surface area contributed by atoms with Gasteiger partial charge < -0.3 is 15.1 Å². The number of likely N-dealkylation sites (N-methyl/N-ethyl adjacent to an activating group) is 1. The molecular formula is C21H25N5O2S. The number of piperazine rings is 1. The number of thiophene rings is 1. The summed E-state index contributed by atoms with van der Waals surface area (Å²) in [5, 5.41) is 5.28. The smallest absolute Gasteiger partial charge is 0.262 e. The lowest BCUT2D eigenvalue weighted by Crippen LogP contribution is -2.46. The van der Waals surface area contributed by atoms with Crippen molar-refractivity contribution in [2.24, 2.45) is 0 Å². The van der Waals surface area contributed by atoms with Gasteiger partial charge in [-0.15, -0.1) is 11.3 Å². The van der Waals surface area contributed by atoms with Crippen molar-refractivity contribution in [2.45, 2.75) is 20.4 Å². The predicted octanol–water partition coefficient (Wildman–Crippen LogP) is 2.55. The molecule has 0 bridgehead atoms. The fourth-order valence-electron chi connectivity index (χ4n) is 3.75. The normalized spacial score (nSPS) is 15.0. The van der Waals surface area contributed by atoms with Crippen LogP contribution in [0.15, 0.2) is 40.8 Å². The number of nitrogens with one attached hydrogen (secondary N) is 1. The molecule has 0 unspecified atom stereocenters. The van der Waals surface area contributed by atoms with Crippen LogP contribution >= 0.6 is 11.3 Å². The number of aromatic nitrogens is 2. The summed E-state index contributed by atoms with van der Waals surface area (Å²) in [6.07, 6.45) is 1.44. The molecule has 4 rings (SSSR count). The summed E-state index contributed by atoms with van der Waals surface area (Å²) >= 11 is 1.42. The van der Waals surface area contributed by atoms with Gasteiger partial charge in [0.15, 0.2) is 0 Å². The number of carbonyl (C=O) groups excluding carboxylic acids is 1. The van der Waals surface area contributed by atoms with Crippen molar-refractivity contribution in [3.63, 3.8) is 0 Å². The molecule has 1 aliphatic rings. The number of aryl methyl sites for hydroxylation is 1. The molecule has 1 saturated heterocycles. The third kappa shape index (κ3) is 4.18. The van der Waals surface area contributed by atoms with Gasteiger partial charge in [0.1, 0.15) is 11.4 Å². The van der Waals surface area contributed by atoms with Gasteiger partial charge in [-0.25, -0.2) is 4.98 Å². The van der Waals surface area contributed by atoms with Crippen molar-refractivity contribution in [1.82, 2.24) is 14.5 Å². The molecule has 1 aliphatic heterocycles. The molecule has 3 aromatic rings. The molecule has 152 valence electrons. The fourth-order valence-corrected chi connectivity index (χ4v) is 4.48. The Bertz CT molecular complexity index is 1080. The van der Waals surface area contributed by atoms with Gasteiger partial charge >= 0.3 is 0 Å². The lowest BCUT2D eigenvalue weighted by atomic mass is 10.1. The second-order valence-corrected chi connectivity index (χ2v) is 8.18. The predicted molar refractivity (Wildman–Crippen MR) is 118 cm³/mol. The number of rotatable bonds is 5. The highest BCUT2D eigenvalue weighted by atomic mass is 32.1. The molecule has 1 aromatic carbocycles. The summed E-state index contributed by atoms with van der Waals surface area (Å²) < 4.78 is 1.35. The average molecular weight is 412 g/mol. The van der Waals surface area contributed by atoms with Gasteiger partial charge in [0.05, 0.1) is 11.7 Å². The summed E-state index contributed by atoms with van der Waals surface area (Å²) in [5.41, 5.74) is 2.89. The largest absolute Gasteiger partial charge is 0.369 e. The Kier molecular flexibility index (Phi) is 5.64. The van der Waals surface area contributed by atoms with E-state index in [1.807, 2.05) is 17.5 Å². The Balaban J connectivity index is 1.42. The van der Waals surface area contributed by atoms with Crippen LogP contribution in [-0.4, -0.2) is 53.1 Å². The minimum absolute atomic E-state index is 0.0581. The summed E-state index contributed by atoms with van der Waals surface area (Å²) in [7, 11) is 0. The quantitative estimate of drug-likeness (QED) is 0.699. The molecule has 0 atom stereocenters. The Hall–Kier alpha value is -2.71. The number of hydrogen-bond donors (Lipinski definition) is 1. The SMILES string of the molecule is CCN1CCN(c2ccc(NC(=O)Cn3cnc4sccc4c3=O)cc2C)CC1. The first kappa shape index (κ1) is 19.6. The number of hydrogen-bond acceptors (Lipinski definition) is 6. The molecule has 7 nitrogen and oxygen atoms in total. The first-order chi connectivity index (χ1) is 14.0. The number of amides is 1. The highest BCUT2D eigenvalue weighted by molar-refractivity contribution is 7.16. The number of carbonyl (C=O) groups is 1. The van der Waals surface area contributed by atoms with Crippen LogP contribution in [0.4, 0.5) is 11.4 Å². The Labute approximate surface area is 173 Å². The van der Waals surface area contributed by atoms with E-state index >= 15 is 0 Å². The van der Waals surface area contributed by atoms with Crippen LogP contribution in [0.25, 0.3) is 10.2 Å². The lowest BCUT2D eigenvalue weighted by Gasteiger charge is -2.36. The van der Waals surface area contributed by atoms with Crippen LogP contribution in [0.3, 0.4) is 0 Å². The molecular weight excluding hydrogens is 386 g/mol. The van der Waals surface area contributed by atoms with Gasteiger partial charge in [0.2, 0.25) is 5.91 Å². The molecule has 8 heteroatoms. The number of anilines is 2. The van der Waals surface area contributed by atoms with Crippen LogP contribution in [0.2, 0.25) is 0 Å². The minimum Gasteiger partial charge on any atom is -0.369 e. The van der Waals surface area contributed by atoms with Gasteiger partial charge in [-0.3, -0.25) is 14.2 Å². The fraction of sp³-hybridized carbons (Fsp3) is 0.381. The summed E-state index contributed by atoms with van der Waals surface area (Å²) in [6.45, 7) is 9.48. The zero-order chi connectivity index (χ0) is 20.4. The summed E-state index contributed by atoms with van der Waals surface area (Å²) in [5.74, 6) is -0.243. The average Bonchev–Trinajstić information content (AvgIpc) is 3.20. The van der Waals surface area contributed by atoms with Crippen LogP contribution < -0.4 is 15.8 Å². The molecule has 3 heterocycles. The maximum Gasteiger partial charge on any atom is 0.262 e. The second-order valence-electron chi connectivity index (χ2n) is 7.29. The zero-order valence-electron chi connectivity index (χ0n) is 16.7. The second kappa shape index (κ2) is 8.34. The third-order valence-electron chi connectivity index (χ3n) is 5.41. The van der Waals surface area contributed by atoms with E-state index in [0.717, 1.165) is 44.0 Å². The summed E-state index contributed by atoms with van der Waals surface area (Å²) in [4.78, 5) is 34.7. The third-order valence-corrected chi connectivity index (χ3v) is 6.23. The lowest BCUT2D eigenvalue weighted by molar-refractivity contribution is -0.116. The van der Waals surface area contributed by atoms with E-state index in [-0.39, 0.29) is 18.0 Å². The van der Waals surface area contributed by atoms with Crippen molar-refractivity contribution in [2.75, 3.05) is 42.9 Å². The highest BCUT2D eigenvalue weighted by Crippen LogP contribution is 2.25. The molecule has 1 amide bonds. The van der Waals surface area contributed by atoms with Gasteiger partial charge in [-0.2, -0.15) is 0 Å². The number of benzene rings is 1. The molecule has 0 aliphatic carbocycles. The van der Waals surface area contributed by atoms with Crippen LogP contribution in [0.1, 0.15) is 12.5 Å². The van der Waals surface area contributed by atoms with Gasteiger partial charge in [0, 0.05) is 37.6 Å². The van der Waals surface area contributed by atoms with Crippen LogP contribution in [0, 0.1) is 6.92 Å². The molecule has 0 spiro atoms. The van der Waals surface area contributed by atoms with Crippen LogP contribution in [-0.2, 0) is 11.3 Å². The molecule has 29 heavy (non-hydrogen) atoms. The van der Waals surface area contributed by atoms with Crippen LogP contribution in [0.5, 0.6) is 0 Å². The van der Waals surface area contributed by atoms with Crippen molar-refractivity contribution in [1.29, 1.82) is 0 Å². The Morgan fingerprint density at radius 2 is 2.00 bits per heavy atom. The van der Waals surface area contributed by atoms with E-state index in [1.54, 1.807) is 6.07 Å². The van der Waals surface area contributed by atoms with E-state index in [9.17, 15) is 9.59 Å². The van der Waals surface area contributed by atoms with E-state index in [4.69, 9.17) is 0 Å². The number of fused-ring (bicyclic) bond motifs is 1. The maximum absolute atomic E-state index is 12.5. The van der Waals surface area contributed by atoms with E-state index in [0.29, 0.717) is 10.2 Å². The first-order valence-electron chi connectivity index (χ1n) is 9.85. The summed E-state index contributed by atoms with van der Waals surface area (Å²) in [6, 6.07) is 7.72. The van der Waals surface area contributed by atoms with E-state index in [1.165, 1.54) is 27.9 Å². The van der Waals surface area contributed by atoms with Gasteiger partial charge in [-0.05, 0) is 48.7 Å². The molecule has 2 aromatic heterocycles. The van der Waals surface area contributed by atoms with E-state index < -0.39 is 0 Å². The minimum atomic E-state index is -0.243. The van der Waals surface area contributed by atoms with E-state index in [2.05, 4.69) is 40.0 Å². The number of nitrogens with zero attached hydrogens (tertiary/aromatic N) is 4. The Morgan fingerprint density at radius 1 is 1.21 bits per heavy atom. The standard InChI is InChI=1S/C21H25N5O2S/c1-3-24-7-9-25(10-8-24)18-5-4-16(12-15(18)2)23-19(27)13-26-14-22-20-17(21(26)28)6-11-29-20/h4-6,11-12,14H,3,7-10,13H2,1-2H3,(H,23,27). The van der Waals surface area contributed by atoms with Gasteiger partial charge in [-0.1, -0.05) is 6.92 Å². The van der Waals surface area contributed by atoms with Crippen molar-refractivity contribution < 1.29 is 4.79 Å². The topological polar surface area (TPSA) is 70.5 Å². The highest BCUT2D eigenvalue weighted by Gasteiger charge is 2.17. The first-order valence-corrected chi connectivity index (χ1v) is 10.7. The molecule has 0 radical (unpaired) electrons. The molecule has 1 fully saturated rings. The zero-order valence-corrected chi connectivity index (χ0v) is 17.5. The van der Waals surface area contributed by atoms with Crippen molar-refractivity contribution in [3.05, 3.63) is 51.9 Å². The molecule has 0 saturated carbocycles. The van der Waals surface area contributed by atoms with Crippen molar-refractivity contribution in [3.8, 4) is 0 Å². The maximum atomic E-state index is 12.5. The van der Waals surface area contributed by atoms with Gasteiger partial charge in [0.25, 0.3) is 5.56 Å².